The largest absolute Gasteiger partial charge is 0.369 e. The van der Waals surface area contributed by atoms with Gasteiger partial charge >= 0.3 is 0 Å². The molecule has 134 valence electrons. The number of likely N-dealkylation sites (N-methyl/N-ethyl adjacent to an activating group) is 1. The van der Waals surface area contributed by atoms with Crippen LogP contribution in [-0.2, 0) is 20.8 Å². The van der Waals surface area contributed by atoms with Crippen LogP contribution in [0.25, 0.3) is 0 Å². The summed E-state index contributed by atoms with van der Waals surface area (Å²) < 4.78 is 11.7. The molecule has 1 fully saturated rings. The lowest BCUT2D eigenvalue weighted by Crippen LogP contribution is -2.53. The number of carbonyl (C=O) groups is 1. The second-order valence-electron chi connectivity index (χ2n) is 7.40. The molecule has 0 radical (unpaired) electrons. The summed E-state index contributed by atoms with van der Waals surface area (Å²) in [5, 5.41) is 0. The molecule has 5 nitrogen and oxygen atoms in total. The molecule has 1 aromatic rings. The number of hydrogen-bond acceptors (Lipinski definition) is 4. The standard InChI is InChI=1S/C19H30N2O3/c1-15-8-6-7-9-16(15)10-21-11-17(24-19(2,3)14-21)12-23-13-18(22)20(4)5/h6-9,17H,10-14H2,1-5H3. The minimum atomic E-state index is -0.222. The summed E-state index contributed by atoms with van der Waals surface area (Å²) in [6, 6.07) is 8.48. The van der Waals surface area contributed by atoms with Gasteiger partial charge in [0.2, 0.25) is 5.91 Å². The van der Waals surface area contributed by atoms with Gasteiger partial charge in [0.05, 0.1) is 18.3 Å². The van der Waals surface area contributed by atoms with Crippen LogP contribution in [0.2, 0.25) is 0 Å². The number of hydrogen-bond donors (Lipinski definition) is 0. The van der Waals surface area contributed by atoms with Crippen LogP contribution in [0.3, 0.4) is 0 Å². The van der Waals surface area contributed by atoms with Gasteiger partial charge in [0, 0.05) is 33.7 Å². The first-order valence-electron chi connectivity index (χ1n) is 8.49. The van der Waals surface area contributed by atoms with Crippen molar-refractivity contribution >= 4 is 5.91 Å². The van der Waals surface area contributed by atoms with Crippen molar-refractivity contribution in [3.05, 3.63) is 35.4 Å². The summed E-state index contributed by atoms with van der Waals surface area (Å²) >= 11 is 0. The van der Waals surface area contributed by atoms with Gasteiger partial charge in [-0.3, -0.25) is 9.69 Å². The van der Waals surface area contributed by atoms with Gasteiger partial charge in [0.1, 0.15) is 6.61 Å². The Balaban J connectivity index is 1.91. The Morgan fingerprint density at radius 2 is 2.08 bits per heavy atom. The van der Waals surface area contributed by atoms with Gasteiger partial charge in [-0.05, 0) is 31.9 Å². The van der Waals surface area contributed by atoms with Gasteiger partial charge in [-0.15, -0.1) is 0 Å². The molecule has 1 aromatic carbocycles. The molecular weight excluding hydrogens is 304 g/mol. The fraction of sp³-hybridized carbons (Fsp3) is 0.632. The predicted molar refractivity (Wildman–Crippen MR) is 94.9 cm³/mol. The van der Waals surface area contributed by atoms with Crippen molar-refractivity contribution in [2.75, 3.05) is 40.4 Å². The maximum absolute atomic E-state index is 11.6. The van der Waals surface area contributed by atoms with Crippen LogP contribution in [0.5, 0.6) is 0 Å². The Labute approximate surface area is 145 Å². The lowest BCUT2D eigenvalue weighted by atomic mass is 10.0. The van der Waals surface area contributed by atoms with Gasteiger partial charge < -0.3 is 14.4 Å². The van der Waals surface area contributed by atoms with E-state index in [0.717, 1.165) is 19.6 Å². The highest BCUT2D eigenvalue weighted by atomic mass is 16.5. The number of amides is 1. The van der Waals surface area contributed by atoms with Crippen molar-refractivity contribution in [2.24, 2.45) is 0 Å². The molecule has 0 aromatic heterocycles. The summed E-state index contributed by atoms with van der Waals surface area (Å²) in [6.45, 7) is 9.51. The van der Waals surface area contributed by atoms with Crippen LogP contribution in [-0.4, -0.2) is 67.8 Å². The number of benzene rings is 1. The first kappa shape index (κ1) is 18.9. The molecule has 0 saturated carbocycles. The van der Waals surface area contributed by atoms with Crippen LogP contribution >= 0.6 is 0 Å². The predicted octanol–water partition coefficient (Wildman–Crippen LogP) is 2.08. The molecule has 1 saturated heterocycles. The molecule has 1 unspecified atom stereocenters. The van der Waals surface area contributed by atoms with E-state index in [0.29, 0.717) is 6.61 Å². The van der Waals surface area contributed by atoms with Gasteiger partial charge in [-0.1, -0.05) is 24.3 Å². The second-order valence-corrected chi connectivity index (χ2v) is 7.40. The van der Waals surface area contributed by atoms with Crippen molar-refractivity contribution in [1.29, 1.82) is 0 Å². The van der Waals surface area contributed by atoms with E-state index in [1.165, 1.54) is 16.0 Å². The van der Waals surface area contributed by atoms with E-state index in [9.17, 15) is 4.79 Å². The van der Waals surface area contributed by atoms with Crippen molar-refractivity contribution in [1.82, 2.24) is 9.80 Å². The molecule has 1 amide bonds. The number of rotatable bonds is 6. The molecule has 5 heteroatoms. The molecule has 1 atom stereocenters. The van der Waals surface area contributed by atoms with Crippen molar-refractivity contribution in [3.63, 3.8) is 0 Å². The average molecular weight is 334 g/mol. The van der Waals surface area contributed by atoms with Crippen LogP contribution in [0.1, 0.15) is 25.0 Å². The van der Waals surface area contributed by atoms with Gasteiger partial charge in [-0.25, -0.2) is 0 Å². The van der Waals surface area contributed by atoms with E-state index in [-0.39, 0.29) is 24.2 Å². The summed E-state index contributed by atoms with van der Waals surface area (Å²) in [4.78, 5) is 15.6. The first-order chi connectivity index (χ1) is 11.3. The van der Waals surface area contributed by atoms with E-state index < -0.39 is 0 Å². The highest BCUT2D eigenvalue weighted by molar-refractivity contribution is 5.76. The van der Waals surface area contributed by atoms with Gasteiger partial charge in [-0.2, -0.15) is 0 Å². The smallest absolute Gasteiger partial charge is 0.248 e. The SMILES string of the molecule is Cc1ccccc1CN1CC(COCC(=O)N(C)C)OC(C)(C)C1. The zero-order valence-electron chi connectivity index (χ0n) is 15.5. The lowest BCUT2D eigenvalue weighted by Gasteiger charge is -2.43. The fourth-order valence-corrected chi connectivity index (χ4v) is 3.06. The van der Waals surface area contributed by atoms with Crippen LogP contribution in [0, 0.1) is 6.92 Å². The molecule has 1 aliphatic rings. The molecule has 0 bridgehead atoms. The Morgan fingerprint density at radius 3 is 2.75 bits per heavy atom. The van der Waals surface area contributed by atoms with Crippen LogP contribution in [0.15, 0.2) is 24.3 Å². The summed E-state index contributed by atoms with van der Waals surface area (Å²) in [7, 11) is 3.46. The van der Waals surface area contributed by atoms with Gasteiger partial charge in [0.15, 0.2) is 0 Å². The van der Waals surface area contributed by atoms with Crippen LogP contribution in [0.4, 0.5) is 0 Å². The Hall–Kier alpha value is -1.43. The Bertz CT molecular complexity index is 557. The topological polar surface area (TPSA) is 42.0 Å². The Morgan fingerprint density at radius 1 is 1.38 bits per heavy atom. The van der Waals surface area contributed by atoms with E-state index in [1.807, 2.05) is 0 Å². The molecule has 24 heavy (non-hydrogen) atoms. The third-order valence-corrected chi connectivity index (χ3v) is 4.24. The van der Waals surface area contributed by atoms with E-state index in [4.69, 9.17) is 9.47 Å². The third-order valence-electron chi connectivity index (χ3n) is 4.24. The molecular formula is C19H30N2O3. The molecule has 0 N–H and O–H groups in total. The minimum Gasteiger partial charge on any atom is -0.369 e. The number of ether oxygens (including phenoxy) is 2. The number of nitrogens with zero attached hydrogens (tertiary/aromatic N) is 2. The summed E-state index contributed by atoms with van der Waals surface area (Å²) in [6.07, 6.45) is -0.0206. The fourth-order valence-electron chi connectivity index (χ4n) is 3.06. The monoisotopic (exact) mass is 334 g/mol. The molecule has 1 aliphatic heterocycles. The maximum Gasteiger partial charge on any atom is 0.248 e. The summed E-state index contributed by atoms with van der Waals surface area (Å²) in [5.74, 6) is -0.0261. The highest BCUT2D eigenvalue weighted by Gasteiger charge is 2.33. The number of carbonyl (C=O) groups excluding carboxylic acids is 1. The minimum absolute atomic E-state index is 0.0206. The van der Waals surface area contributed by atoms with Crippen LogP contribution < -0.4 is 0 Å². The lowest BCUT2D eigenvalue weighted by molar-refractivity contribution is -0.161. The quantitative estimate of drug-likeness (QED) is 0.799. The first-order valence-corrected chi connectivity index (χ1v) is 8.49. The second kappa shape index (κ2) is 8.10. The Kier molecular flexibility index (Phi) is 6.38. The normalized spacial score (nSPS) is 20.8. The molecule has 0 spiro atoms. The van der Waals surface area contributed by atoms with Crippen molar-refractivity contribution in [3.8, 4) is 0 Å². The number of morpholine rings is 1. The zero-order chi connectivity index (χ0) is 17.7. The zero-order valence-corrected chi connectivity index (χ0v) is 15.5. The average Bonchev–Trinajstić information content (AvgIpc) is 2.48. The third kappa shape index (κ3) is 5.58. The summed E-state index contributed by atoms with van der Waals surface area (Å²) in [5.41, 5.74) is 2.43. The van der Waals surface area contributed by atoms with Crippen molar-refractivity contribution < 1.29 is 14.3 Å². The van der Waals surface area contributed by atoms with Crippen molar-refractivity contribution in [2.45, 2.75) is 39.0 Å². The molecule has 0 aliphatic carbocycles. The number of aryl methyl sites for hydroxylation is 1. The molecule has 2 rings (SSSR count). The van der Waals surface area contributed by atoms with E-state index >= 15 is 0 Å². The van der Waals surface area contributed by atoms with E-state index in [2.05, 4.69) is 49.9 Å². The molecule has 1 heterocycles. The highest BCUT2D eigenvalue weighted by Crippen LogP contribution is 2.23. The van der Waals surface area contributed by atoms with Gasteiger partial charge in [0.25, 0.3) is 0 Å². The maximum atomic E-state index is 11.6. The van der Waals surface area contributed by atoms with E-state index in [1.54, 1.807) is 14.1 Å².